The molecule has 0 saturated heterocycles. The summed E-state index contributed by atoms with van der Waals surface area (Å²) in [4.78, 5) is 0. The van der Waals surface area contributed by atoms with Gasteiger partial charge in [-0.05, 0) is 0 Å². The molecule has 0 bridgehead atoms. The van der Waals surface area contributed by atoms with Gasteiger partial charge in [0.25, 0.3) is 0 Å². The molecule has 0 aliphatic carbocycles. The largest absolute Gasteiger partial charge is 2.00 e. The molecule has 0 aliphatic rings. The first kappa shape index (κ1) is 16.3. The van der Waals surface area contributed by atoms with Crippen molar-refractivity contribution in [1.82, 2.24) is 0 Å². The molecule has 0 aliphatic heterocycles. The van der Waals surface area contributed by atoms with Crippen LogP contribution in [0.25, 0.3) is 0 Å². The molecule has 0 amide bonds. The minimum absolute atomic E-state index is 0. The Labute approximate surface area is 73.2 Å². The van der Waals surface area contributed by atoms with E-state index < -0.39 is 0 Å². The number of hydrogen-bond acceptors (Lipinski definition) is 0. The molecule has 0 aromatic heterocycles. The smallest absolute Gasteiger partial charge is 0.341 e. The van der Waals surface area contributed by atoms with E-state index >= 15 is 0 Å². The monoisotopic (exact) mass is 178 g/mol. The van der Waals surface area contributed by atoms with Crippen LogP contribution in [0, 0.1) is 18.8 Å². The van der Waals surface area contributed by atoms with Gasteiger partial charge < -0.3 is 12.8 Å². The first-order valence-corrected chi connectivity index (χ1v) is 3.06. The maximum absolute atomic E-state index is 3.64. The average molecular weight is 180 g/mol. The molecule has 1 heteroatoms. The second kappa shape index (κ2) is 11.4. The van der Waals surface area contributed by atoms with Crippen LogP contribution in [0.2, 0.25) is 0 Å². The van der Waals surface area contributed by atoms with Gasteiger partial charge in [0, 0.05) is 0 Å². The maximum Gasteiger partial charge on any atom is 2.00 e. The summed E-state index contributed by atoms with van der Waals surface area (Å²) in [6.45, 7) is 14.0. The molecule has 0 unspecified atom stereocenters. The van der Waals surface area contributed by atoms with Crippen molar-refractivity contribution in [3.8, 4) is 0 Å². The Bertz CT molecular complexity index is 20.0. The molecule has 0 saturated carbocycles. The standard InChI is InChI=1S/2C4H9.Zn/c2*1-4(2)3;/h1-3H3;4H,1H2,2-3H3;/q2*-1;+2. The zero-order valence-corrected chi connectivity index (χ0v) is 10.5. The Morgan fingerprint density at radius 1 is 1.11 bits per heavy atom. The third kappa shape index (κ3) is 973. The fourth-order valence-electron chi connectivity index (χ4n) is 0. The van der Waals surface area contributed by atoms with Gasteiger partial charge in [-0.2, -0.15) is 26.7 Å². The molecule has 9 heavy (non-hydrogen) atoms. The molecular weight excluding hydrogens is 161 g/mol. The quantitative estimate of drug-likeness (QED) is 0.396. The van der Waals surface area contributed by atoms with Crippen molar-refractivity contribution in [2.24, 2.45) is 5.92 Å². The van der Waals surface area contributed by atoms with Crippen molar-refractivity contribution in [3.63, 3.8) is 0 Å². The summed E-state index contributed by atoms with van der Waals surface area (Å²) in [7, 11) is 0. The van der Waals surface area contributed by atoms with Crippen LogP contribution >= 0.6 is 0 Å². The van der Waals surface area contributed by atoms with Gasteiger partial charge in [0.15, 0.2) is 0 Å². The fourth-order valence-corrected chi connectivity index (χ4v) is 0. The maximum atomic E-state index is 3.64. The summed E-state index contributed by atoms with van der Waals surface area (Å²) in [6, 6.07) is 0. The van der Waals surface area contributed by atoms with Crippen molar-refractivity contribution in [1.29, 1.82) is 0 Å². The van der Waals surface area contributed by atoms with E-state index in [-0.39, 0.29) is 19.5 Å². The van der Waals surface area contributed by atoms with Crippen LogP contribution in [0.4, 0.5) is 0 Å². The van der Waals surface area contributed by atoms with Crippen LogP contribution in [0.15, 0.2) is 0 Å². The molecule has 0 aromatic rings. The van der Waals surface area contributed by atoms with Crippen LogP contribution < -0.4 is 0 Å². The van der Waals surface area contributed by atoms with Gasteiger partial charge in [0.05, 0.1) is 0 Å². The third-order valence-electron chi connectivity index (χ3n) is 0. The van der Waals surface area contributed by atoms with Gasteiger partial charge in [0.2, 0.25) is 0 Å². The molecule has 0 spiro atoms. The average Bonchev–Trinajstić information content (AvgIpc) is 1.25. The van der Waals surface area contributed by atoms with Gasteiger partial charge in [-0.1, -0.05) is 13.8 Å². The molecule has 0 N–H and O–H groups in total. The van der Waals surface area contributed by atoms with Crippen molar-refractivity contribution in [3.05, 3.63) is 12.8 Å². The molecule has 0 rings (SSSR count). The van der Waals surface area contributed by atoms with E-state index in [0.717, 1.165) is 0 Å². The minimum atomic E-state index is 0. The van der Waals surface area contributed by atoms with Gasteiger partial charge in [-0.25, -0.2) is 0 Å². The van der Waals surface area contributed by atoms with Gasteiger partial charge >= 0.3 is 19.5 Å². The van der Waals surface area contributed by atoms with Crippen molar-refractivity contribution >= 4 is 0 Å². The summed E-state index contributed by atoms with van der Waals surface area (Å²) < 4.78 is 0. The molecule has 0 fully saturated rings. The molecule has 0 aromatic carbocycles. The molecular formula is C8H18Zn. The van der Waals surface area contributed by atoms with Crippen LogP contribution in [0.5, 0.6) is 0 Å². The molecule has 52 valence electrons. The topological polar surface area (TPSA) is 0 Å². The van der Waals surface area contributed by atoms with Crippen LogP contribution in [0.3, 0.4) is 0 Å². The second-order valence-electron chi connectivity index (χ2n) is 2.89. The zero-order valence-electron chi connectivity index (χ0n) is 7.49. The van der Waals surface area contributed by atoms with Crippen molar-refractivity contribution < 1.29 is 19.5 Å². The Kier molecular flexibility index (Phi) is 20.7. The first-order valence-electron chi connectivity index (χ1n) is 3.06. The predicted octanol–water partition coefficient (Wildman–Crippen LogP) is 3.09. The van der Waals surface area contributed by atoms with E-state index in [9.17, 15) is 0 Å². The van der Waals surface area contributed by atoms with Crippen molar-refractivity contribution in [2.45, 2.75) is 34.6 Å². The Hall–Kier alpha value is 0.623. The number of rotatable bonds is 0. The van der Waals surface area contributed by atoms with Crippen LogP contribution in [-0.4, -0.2) is 0 Å². The SMILES string of the molecule is C[C-](C)C.[CH2-]C(C)C.[Zn+2]. The number of hydrogen-bond donors (Lipinski definition) is 0. The summed E-state index contributed by atoms with van der Waals surface area (Å²) in [5.41, 5.74) is 0. The normalized spacial score (nSPS) is 8.00. The Morgan fingerprint density at radius 3 is 1.11 bits per heavy atom. The summed E-state index contributed by atoms with van der Waals surface area (Å²) >= 11 is 0. The first-order chi connectivity index (χ1) is 3.46. The third-order valence-corrected chi connectivity index (χ3v) is 0. The second-order valence-corrected chi connectivity index (χ2v) is 2.89. The molecule has 0 atom stereocenters. The van der Waals surface area contributed by atoms with Crippen LogP contribution in [0.1, 0.15) is 34.6 Å². The van der Waals surface area contributed by atoms with E-state index in [1.54, 1.807) is 0 Å². The van der Waals surface area contributed by atoms with Gasteiger partial charge in [0.1, 0.15) is 0 Å². The van der Waals surface area contributed by atoms with E-state index in [4.69, 9.17) is 0 Å². The van der Waals surface area contributed by atoms with Crippen molar-refractivity contribution in [2.75, 3.05) is 0 Å². The minimum Gasteiger partial charge on any atom is -0.341 e. The molecule has 0 nitrogen and oxygen atoms in total. The van der Waals surface area contributed by atoms with Gasteiger partial charge in [-0.3, -0.25) is 0 Å². The molecule has 0 heterocycles. The molecule has 0 radical (unpaired) electrons. The van der Waals surface area contributed by atoms with Gasteiger partial charge in [-0.15, -0.1) is 0 Å². The fraction of sp³-hybridized carbons (Fsp3) is 0.750. The summed E-state index contributed by atoms with van der Waals surface area (Å²) in [5, 5.41) is 0. The van der Waals surface area contributed by atoms with E-state index in [0.29, 0.717) is 5.92 Å². The van der Waals surface area contributed by atoms with E-state index in [1.165, 1.54) is 5.92 Å². The van der Waals surface area contributed by atoms with E-state index in [1.807, 2.05) is 0 Å². The summed E-state index contributed by atoms with van der Waals surface area (Å²) in [6.07, 6.45) is 0. The Balaban J connectivity index is -0.0000000720. The summed E-state index contributed by atoms with van der Waals surface area (Å²) in [5.74, 6) is 2.00. The van der Waals surface area contributed by atoms with E-state index in [2.05, 4.69) is 41.5 Å². The predicted molar refractivity (Wildman–Crippen MR) is 40.5 cm³/mol. The van der Waals surface area contributed by atoms with Crippen LogP contribution in [-0.2, 0) is 19.5 Å². The zero-order chi connectivity index (χ0) is 7.15. The Morgan fingerprint density at radius 2 is 1.11 bits per heavy atom.